The van der Waals surface area contributed by atoms with E-state index in [0.29, 0.717) is 0 Å². The molecule has 8 aromatic carbocycles. The van der Waals surface area contributed by atoms with Gasteiger partial charge in [-0.25, -0.2) is 0 Å². The average molecular weight is 650 g/mol. The summed E-state index contributed by atoms with van der Waals surface area (Å²) in [5, 5.41) is 2.56. The second-order valence-corrected chi connectivity index (χ2v) is 14.9. The molecule has 0 amide bonds. The molecule has 0 fully saturated rings. The van der Waals surface area contributed by atoms with Crippen LogP contribution in [-0.2, 0) is 10.8 Å². The van der Waals surface area contributed by atoms with Crippen molar-refractivity contribution in [2.45, 2.75) is 24.7 Å². The molecule has 0 radical (unpaired) electrons. The largest absolute Gasteiger partial charge is 0.310 e. The predicted octanol–water partition coefficient (Wildman–Crippen LogP) is 13.0. The van der Waals surface area contributed by atoms with Crippen molar-refractivity contribution in [1.29, 1.82) is 0 Å². The summed E-state index contributed by atoms with van der Waals surface area (Å²) in [7, 11) is 0. The molecule has 0 atom stereocenters. The van der Waals surface area contributed by atoms with Crippen LogP contribution in [0, 0.1) is 0 Å². The zero-order valence-electron chi connectivity index (χ0n) is 28.7. The molecule has 0 saturated carbocycles. The molecule has 3 aliphatic carbocycles. The molecular weight excluding hydrogens is 615 g/mol. The van der Waals surface area contributed by atoms with Crippen LogP contribution in [0.25, 0.3) is 44.2 Å². The number of fused-ring (bicyclic) bond motifs is 15. The van der Waals surface area contributed by atoms with Crippen molar-refractivity contribution in [3.63, 3.8) is 0 Å². The Morgan fingerprint density at radius 1 is 0.353 bits per heavy atom. The summed E-state index contributed by atoms with van der Waals surface area (Å²) in [4.78, 5) is 2.45. The van der Waals surface area contributed by atoms with Crippen molar-refractivity contribution in [2.24, 2.45) is 0 Å². The first-order valence-electron chi connectivity index (χ1n) is 18.0. The summed E-state index contributed by atoms with van der Waals surface area (Å²) in [6.07, 6.45) is 0. The normalized spacial score (nSPS) is 14.8. The van der Waals surface area contributed by atoms with E-state index >= 15 is 0 Å². The molecule has 51 heavy (non-hydrogen) atoms. The summed E-state index contributed by atoms with van der Waals surface area (Å²) in [5.41, 5.74) is 19.2. The van der Waals surface area contributed by atoms with Gasteiger partial charge in [0.05, 0.1) is 5.41 Å². The molecular formula is C50H35N. The van der Waals surface area contributed by atoms with Crippen LogP contribution in [0.2, 0.25) is 0 Å². The van der Waals surface area contributed by atoms with Gasteiger partial charge in [-0.1, -0.05) is 153 Å². The number of anilines is 3. The molecule has 0 saturated heterocycles. The number of rotatable bonds is 3. The minimum atomic E-state index is -0.392. The Morgan fingerprint density at radius 2 is 0.843 bits per heavy atom. The summed E-state index contributed by atoms with van der Waals surface area (Å²) < 4.78 is 0. The Balaban J connectivity index is 1.18. The highest BCUT2D eigenvalue weighted by Gasteiger charge is 2.51. The second-order valence-electron chi connectivity index (χ2n) is 14.9. The Hall–Kier alpha value is -6.18. The predicted molar refractivity (Wildman–Crippen MR) is 212 cm³/mol. The minimum absolute atomic E-state index is 0.0492. The molecule has 0 heterocycles. The highest BCUT2D eigenvalue weighted by molar-refractivity contribution is 6.04. The molecule has 0 N–H and O–H groups in total. The van der Waals surface area contributed by atoms with Crippen molar-refractivity contribution in [3.05, 3.63) is 209 Å². The first kappa shape index (κ1) is 28.6. The highest BCUT2D eigenvalue weighted by Crippen LogP contribution is 2.63. The Bertz CT molecular complexity index is 2670. The van der Waals surface area contributed by atoms with Gasteiger partial charge in [0.25, 0.3) is 0 Å². The third kappa shape index (κ3) is 3.65. The molecule has 1 heteroatoms. The summed E-state index contributed by atoms with van der Waals surface area (Å²) in [6, 6.07) is 65.9. The van der Waals surface area contributed by atoms with Gasteiger partial charge in [-0.2, -0.15) is 0 Å². The highest BCUT2D eigenvalue weighted by atomic mass is 15.1. The van der Waals surface area contributed by atoms with E-state index in [1.165, 1.54) is 77.5 Å². The third-order valence-electron chi connectivity index (χ3n) is 12.1. The number of hydrogen-bond acceptors (Lipinski definition) is 1. The topological polar surface area (TPSA) is 3.24 Å². The monoisotopic (exact) mass is 649 g/mol. The van der Waals surface area contributed by atoms with Crippen LogP contribution in [0.1, 0.15) is 47.2 Å². The first-order chi connectivity index (χ1) is 25.1. The zero-order chi connectivity index (χ0) is 33.9. The summed E-state index contributed by atoms with van der Waals surface area (Å²) >= 11 is 0. The van der Waals surface area contributed by atoms with Crippen LogP contribution in [0.5, 0.6) is 0 Å². The fraction of sp³-hybridized carbons (Fsp3) is 0.0800. The van der Waals surface area contributed by atoms with Crippen LogP contribution in [0.15, 0.2) is 176 Å². The molecule has 1 nitrogen and oxygen atoms in total. The van der Waals surface area contributed by atoms with Crippen molar-refractivity contribution in [2.75, 3.05) is 4.90 Å². The smallest absolute Gasteiger partial charge is 0.0726 e. The average Bonchev–Trinajstić information content (AvgIpc) is 3.74. The molecule has 1 spiro atoms. The third-order valence-corrected chi connectivity index (χ3v) is 12.1. The van der Waals surface area contributed by atoms with Gasteiger partial charge in [-0.15, -0.1) is 0 Å². The summed E-state index contributed by atoms with van der Waals surface area (Å²) in [6.45, 7) is 4.72. The maximum absolute atomic E-state index is 2.49. The van der Waals surface area contributed by atoms with E-state index in [9.17, 15) is 0 Å². The van der Waals surface area contributed by atoms with E-state index in [-0.39, 0.29) is 5.41 Å². The quantitative estimate of drug-likeness (QED) is 0.184. The molecule has 0 unspecified atom stereocenters. The zero-order valence-corrected chi connectivity index (χ0v) is 28.7. The number of benzene rings is 8. The maximum atomic E-state index is 2.49. The van der Waals surface area contributed by atoms with Gasteiger partial charge in [-0.3, -0.25) is 0 Å². The van der Waals surface area contributed by atoms with Crippen LogP contribution >= 0.6 is 0 Å². The minimum Gasteiger partial charge on any atom is -0.310 e. The lowest BCUT2D eigenvalue weighted by molar-refractivity contribution is 0.661. The molecule has 0 aliphatic heterocycles. The molecule has 240 valence electrons. The fourth-order valence-electron chi connectivity index (χ4n) is 9.90. The second kappa shape index (κ2) is 10.2. The van der Waals surface area contributed by atoms with E-state index in [1.54, 1.807) is 0 Å². The van der Waals surface area contributed by atoms with Gasteiger partial charge in [0, 0.05) is 22.5 Å². The van der Waals surface area contributed by atoms with Crippen molar-refractivity contribution < 1.29 is 0 Å². The Labute approximate surface area is 299 Å². The van der Waals surface area contributed by atoms with Gasteiger partial charge in [-0.05, 0) is 114 Å². The number of hydrogen-bond donors (Lipinski definition) is 0. The number of para-hydroxylation sites is 1. The SMILES string of the molecule is CC1(C)c2ccccc2-c2c1ccc1ccc(N(c3ccccc3)c3ccc4c(c3)C3(c5ccccc5-c5ccccc53)c3ccccc3-4)cc21. The van der Waals surface area contributed by atoms with E-state index in [4.69, 9.17) is 0 Å². The van der Waals surface area contributed by atoms with Crippen molar-refractivity contribution in [3.8, 4) is 33.4 Å². The van der Waals surface area contributed by atoms with Crippen molar-refractivity contribution >= 4 is 27.8 Å². The Kier molecular flexibility index (Phi) is 5.72. The summed E-state index contributed by atoms with van der Waals surface area (Å²) in [5.74, 6) is 0. The van der Waals surface area contributed by atoms with Gasteiger partial charge < -0.3 is 4.90 Å². The van der Waals surface area contributed by atoms with Gasteiger partial charge in [0.15, 0.2) is 0 Å². The standard InChI is InChI=1S/C50H35N/c1-49(2)42-20-10-9-19-40(42)48-41-30-34(26-24-32(41)25-29-46(48)49)51(33-14-4-3-5-15-33)35-27-28-39-38-18-8-13-23-45(38)50(47(39)31-35)43-21-11-6-16-36(43)37-17-7-12-22-44(37)50/h3-31H,1-2H3. The molecule has 8 aromatic rings. The van der Waals surface area contributed by atoms with Crippen LogP contribution < -0.4 is 4.90 Å². The van der Waals surface area contributed by atoms with Crippen LogP contribution in [0.4, 0.5) is 17.1 Å². The first-order valence-corrected chi connectivity index (χ1v) is 18.0. The van der Waals surface area contributed by atoms with E-state index in [1.807, 2.05) is 0 Å². The molecule has 11 rings (SSSR count). The van der Waals surface area contributed by atoms with Crippen LogP contribution in [-0.4, -0.2) is 0 Å². The van der Waals surface area contributed by atoms with Crippen LogP contribution in [0.3, 0.4) is 0 Å². The number of nitrogens with zero attached hydrogens (tertiary/aromatic N) is 1. The molecule has 0 aromatic heterocycles. The molecule has 3 aliphatic rings. The van der Waals surface area contributed by atoms with E-state index in [0.717, 1.165) is 17.1 Å². The van der Waals surface area contributed by atoms with E-state index < -0.39 is 5.41 Å². The lowest BCUT2D eigenvalue weighted by atomic mass is 9.70. The van der Waals surface area contributed by atoms with Gasteiger partial charge >= 0.3 is 0 Å². The lowest BCUT2D eigenvalue weighted by Crippen LogP contribution is -2.26. The fourth-order valence-corrected chi connectivity index (χ4v) is 9.90. The Morgan fingerprint density at radius 3 is 1.49 bits per heavy atom. The maximum Gasteiger partial charge on any atom is 0.0726 e. The van der Waals surface area contributed by atoms with Gasteiger partial charge in [0.2, 0.25) is 0 Å². The lowest BCUT2D eigenvalue weighted by Gasteiger charge is -2.32. The van der Waals surface area contributed by atoms with Gasteiger partial charge in [0.1, 0.15) is 0 Å². The van der Waals surface area contributed by atoms with Crippen molar-refractivity contribution in [1.82, 2.24) is 0 Å². The molecule has 0 bridgehead atoms. The van der Waals surface area contributed by atoms with E-state index in [2.05, 4.69) is 195 Å².